The molecule has 2 saturated carbocycles. The molecular formula is C35H48O9Si. The maximum Gasteiger partial charge on any atom is 0.338 e. The molecule has 2 bridgehead atoms. The van der Waals surface area contributed by atoms with E-state index in [0.717, 1.165) is 23.7 Å². The molecule has 0 spiro atoms. The third-order valence-electron chi connectivity index (χ3n) is 11.9. The van der Waals surface area contributed by atoms with Crippen molar-refractivity contribution in [3.63, 3.8) is 0 Å². The fraction of sp³-hybridized carbons (Fsp3) is 0.657. The van der Waals surface area contributed by atoms with Gasteiger partial charge in [-0.05, 0) is 57.0 Å². The van der Waals surface area contributed by atoms with E-state index < -0.39 is 78.1 Å². The van der Waals surface area contributed by atoms with Gasteiger partial charge < -0.3 is 23.7 Å². The number of aliphatic hydroxyl groups is 1. The van der Waals surface area contributed by atoms with Gasteiger partial charge in [0.1, 0.15) is 17.8 Å². The van der Waals surface area contributed by atoms with Crippen LogP contribution >= 0.6 is 0 Å². The predicted molar refractivity (Wildman–Crippen MR) is 169 cm³/mol. The Hall–Kier alpha value is -2.66. The highest BCUT2D eigenvalue weighted by molar-refractivity contribution is 6.73. The molecule has 3 aliphatic carbocycles. The van der Waals surface area contributed by atoms with Crippen LogP contribution in [0.15, 0.2) is 41.5 Å². The van der Waals surface area contributed by atoms with Crippen LogP contribution in [0.4, 0.5) is 0 Å². The van der Waals surface area contributed by atoms with Gasteiger partial charge in [-0.3, -0.25) is 14.4 Å². The number of fused-ring (bicyclic) bond motifs is 5. The number of hydrogen-bond acceptors (Lipinski definition) is 9. The Balaban J connectivity index is 1.82. The van der Waals surface area contributed by atoms with Crippen LogP contribution < -0.4 is 0 Å². The van der Waals surface area contributed by atoms with Gasteiger partial charge in [0, 0.05) is 24.3 Å². The quantitative estimate of drug-likeness (QED) is 0.227. The summed E-state index contributed by atoms with van der Waals surface area (Å²) in [4.78, 5) is 56.3. The number of esters is 2. The van der Waals surface area contributed by atoms with E-state index in [-0.39, 0.29) is 30.6 Å². The van der Waals surface area contributed by atoms with Gasteiger partial charge in [-0.25, -0.2) is 4.79 Å². The van der Waals surface area contributed by atoms with E-state index in [1.165, 1.54) is 6.92 Å². The Morgan fingerprint density at radius 3 is 2.20 bits per heavy atom. The Morgan fingerprint density at radius 2 is 1.67 bits per heavy atom. The lowest BCUT2D eigenvalue weighted by Gasteiger charge is -2.67. The van der Waals surface area contributed by atoms with Crippen molar-refractivity contribution in [3.8, 4) is 0 Å². The number of benzene rings is 1. The third-order valence-corrected chi connectivity index (χ3v) is 16.6. The van der Waals surface area contributed by atoms with Crippen LogP contribution in [0, 0.1) is 16.7 Å². The number of Topliss-reactive ketones (excluding diaryl/α,β-unsaturated/α-hetero) is 2. The summed E-state index contributed by atoms with van der Waals surface area (Å²) in [7, 11) is -2.40. The average Bonchev–Trinajstić information content (AvgIpc) is 3.00. The predicted octanol–water partition coefficient (Wildman–Crippen LogP) is 5.35. The van der Waals surface area contributed by atoms with Gasteiger partial charge in [-0.15, -0.1) is 0 Å². The summed E-state index contributed by atoms with van der Waals surface area (Å²) in [6.07, 6.45) is -2.13. The van der Waals surface area contributed by atoms with Gasteiger partial charge in [-0.2, -0.15) is 0 Å². The van der Waals surface area contributed by atoms with Crippen LogP contribution in [0.2, 0.25) is 18.1 Å². The standard InChI is InChI=1S/C35H48O9Si/c1-9-45(10-2,11-3)44-24-19-25-34(20-41-25,43-22(5)36)28-30(42-31(39)23-15-13-12-14-16-23)35(40)18-17-21(4)26(32(35,6)7)27(37)29(38)33(24,28)8/h12-16,24-25,28,30,40H,9-11,17-20H2,1-8H3/t24-,25+,28?,30-,33?,34-,35+/m0/s1. The van der Waals surface area contributed by atoms with Gasteiger partial charge in [0.15, 0.2) is 13.9 Å². The minimum atomic E-state index is -2.40. The molecule has 246 valence electrons. The van der Waals surface area contributed by atoms with Crippen molar-refractivity contribution in [2.24, 2.45) is 16.7 Å². The van der Waals surface area contributed by atoms with E-state index in [1.54, 1.807) is 51.1 Å². The zero-order chi connectivity index (χ0) is 33.2. The Bertz CT molecular complexity index is 1410. The molecule has 4 aliphatic rings. The number of ketones is 2. The molecule has 0 aromatic heterocycles. The molecule has 9 nitrogen and oxygen atoms in total. The molecule has 7 atom stereocenters. The second kappa shape index (κ2) is 11.5. The first-order chi connectivity index (χ1) is 21.1. The van der Waals surface area contributed by atoms with Crippen molar-refractivity contribution in [3.05, 3.63) is 47.0 Å². The van der Waals surface area contributed by atoms with Crippen molar-refractivity contribution in [2.75, 3.05) is 6.61 Å². The molecule has 1 saturated heterocycles. The maximum absolute atomic E-state index is 15.0. The molecule has 1 heterocycles. The molecule has 1 aliphatic heterocycles. The number of ether oxygens (including phenoxy) is 3. The molecule has 0 radical (unpaired) electrons. The zero-order valence-electron chi connectivity index (χ0n) is 27.9. The molecule has 3 fully saturated rings. The van der Waals surface area contributed by atoms with Gasteiger partial charge in [0.2, 0.25) is 11.6 Å². The molecule has 0 amide bonds. The van der Waals surface area contributed by atoms with E-state index in [2.05, 4.69) is 20.8 Å². The van der Waals surface area contributed by atoms with E-state index in [4.69, 9.17) is 18.6 Å². The summed E-state index contributed by atoms with van der Waals surface area (Å²) in [5.41, 5.74) is -4.91. The van der Waals surface area contributed by atoms with Crippen molar-refractivity contribution in [2.45, 2.75) is 122 Å². The third kappa shape index (κ3) is 4.81. The summed E-state index contributed by atoms with van der Waals surface area (Å²) in [6, 6.07) is 10.9. The molecular weight excluding hydrogens is 592 g/mol. The summed E-state index contributed by atoms with van der Waals surface area (Å²) in [6.45, 7) is 14.5. The van der Waals surface area contributed by atoms with E-state index in [1.807, 2.05) is 6.92 Å². The van der Waals surface area contributed by atoms with Crippen LogP contribution in [0.5, 0.6) is 0 Å². The fourth-order valence-electron chi connectivity index (χ4n) is 8.92. The molecule has 10 heteroatoms. The number of hydrogen-bond donors (Lipinski definition) is 1. The Labute approximate surface area is 267 Å². The van der Waals surface area contributed by atoms with Gasteiger partial charge >= 0.3 is 11.9 Å². The van der Waals surface area contributed by atoms with Gasteiger partial charge in [0.05, 0.1) is 29.6 Å². The Morgan fingerprint density at radius 1 is 1.04 bits per heavy atom. The maximum atomic E-state index is 15.0. The number of carbonyl (C=O) groups is 4. The Kier molecular flexibility index (Phi) is 8.64. The van der Waals surface area contributed by atoms with Crippen molar-refractivity contribution in [1.29, 1.82) is 0 Å². The average molecular weight is 641 g/mol. The second-order valence-corrected chi connectivity index (χ2v) is 19.0. The first-order valence-corrected chi connectivity index (χ1v) is 18.9. The molecule has 1 N–H and O–H groups in total. The van der Waals surface area contributed by atoms with Gasteiger partial charge in [-0.1, -0.05) is 58.4 Å². The second-order valence-electron chi connectivity index (χ2n) is 14.2. The first-order valence-electron chi connectivity index (χ1n) is 16.3. The summed E-state index contributed by atoms with van der Waals surface area (Å²) < 4.78 is 25.8. The zero-order valence-corrected chi connectivity index (χ0v) is 28.9. The molecule has 5 rings (SSSR count). The lowest BCUT2D eigenvalue weighted by Crippen LogP contribution is -2.81. The minimum Gasteiger partial charge on any atom is -0.455 e. The minimum absolute atomic E-state index is 0.0682. The van der Waals surface area contributed by atoms with Crippen molar-refractivity contribution in [1.82, 2.24) is 0 Å². The highest BCUT2D eigenvalue weighted by Gasteiger charge is 2.78. The van der Waals surface area contributed by atoms with Crippen LogP contribution in [-0.4, -0.2) is 73.0 Å². The topological polar surface area (TPSA) is 125 Å². The molecule has 45 heavy (non-hydrogen) atoms. The normalized spacial score (nSPS) is 35.8. The van der Waals surface area contributed by atoms with Crippen LogP contribution in [0.3, 0.4) is 0 Å². The monoisotopic (exact) mass is 640 g/mol. The molecule has 2 unspecified atom stereocenters. The van der Waals surface area contributed by atoms with Gasteiger partial charge in [0.25, 0.3) is 0 Å². The summed E-state index contributed by atoms with van der Waals surface area (Å²) in [5, 5.41) is 13.0. The highest BCUT2D eigenvalue weighted by Crippen LogP contribution is 2.64. The fourth-order valence-corrected chi connectivity index (χ4v) is 11.9. The lowest BCUT2D eigenvalue weighted by atomic mass is 9.45. The highest BCUT2D eigenvalue weighted by atomic mass is 28.4. The van der Waals surface area contributed by atoms with E-state index >= 15 is 4.79 Å². The largest absolute Gasteiger partial charge is 0.455 e. The number of carbonyl (C=O) groups excluding carboxylic acids is 4. The van der Waals surface area contributed by atoms with Crippen molar-refractivity contribution >= 4 is 31.8 Å². The van der Waals surface area contributed by atoms with Crippen LogP contribution in [-0.2, 0) is 33.0 Å². The smallest absolute Gasteiger partial charge is 0.338 e. The lowest BCUT2D eigenvalue weighted by molar-refractivity contribution is -0.341. The van der Waals surface area contributed by atoms with Crippen LogP contribution in [0.25, 0.3) is 0 Å². The summed E-state index contributed by atoms with van der Waals surface area (Å²) >= 11 is 0. The first kappa shape index (κ1) is 33.7. The van der Waals surface area contributed by atoms with Crippen molar-refractivity contribution < 1.29 is 42.9 Å². The molecule has 1 aromatic rings. The summed E-state index contributed by atoms with van der Waals surface area (Å²) in [5.74, 6) is -3.76. The number of rotatable bonds is 8. The SMILES string of the molecule is CC[Si](CC)(CC)O[C@H]1C[C@H]2OC[C@@]2(OC(C)=O)C2[C@H](OC(=O)c3ccccc3)[C@]3(O)CCC(C)=C(C(=O)C(=O)C21C)C3(C)C. The van der Waals surface area contributed by atoms with E-state index in [0.29, 0.717) is 6.42 Å². The van der Waals surface area contributed by atoms with Crippen LogP contribution in [0.1, 0.15) is 85.0 Å². The van der Waals surface area contributed by atoms with E-state index in [9.17, 15) is 19.5 Å². The molecule has 1 aromatic carbocycles. The number of allylic oxidation sites excluding steroid dienone is 1.